The Balaban J connectivity index is 2.22. The first kappa shape index (κ1) is 7.71. The van der Waals surface area contributed by atoms with Gasteiger partial charge in [0.2, 0.25) is 0 Å². The molecule has 2 unspecified atom stereocenters. The molecule has 0 aliphatic heterocycles. The Bertz CT molecular complexity index is 278. The van der Waals surface area contributed by atoms with E-state index < -0.39 is 0 Å². The van der Waals surface area contributed by atoms with Crippen LogP contribution in [0.15, 0.2) is 29.1 Å². The molecule has 0 aromatic carbocycles. The van der Waals surface area contributed by atoms with E-state index in [1.54, 1.807) is 0 Å². The van der Waals surface area contributed by atoms with Crippen molar-refractivity contribution < 1.29 is 0 Å². The summed E-state index contributed by atoms with van der Waals surface area (Å²) in [4.78, 5) is 10.2. The molecule has 2 atom stereocenters. The number of allylic oxidation sites excluding steroid dienone is 3. The van der Waals surface area contributed by atoms with E-state index in [2.05, 4.69) is 25.1 Å². The molecule has 2 aliphatic rings. The minimum atomic E-state index is 0.369. The van der Waals surface area contributed by atoms with Crippen LogP contribution >= 0.6 is 0 Å². The van der Waals surface area contributed by atoms with Gasteiger partial charge in [0.25, 0.3) is 0 Å². The Morgan fingerprint density at radius 2 is 2.42 bits per heavy atom. The number of hydrogen-bond donors (Lipinski definition) is 0. The quantitative estimate of drug-likeness (QED) is 0.575. The van der Waals surface area contributed by atoms with E-state index in [9.17, 15) is 4.91 Å². The minimum absolute atomic E-state index is 0.369. The summed E-state index contributed by atoms with van der Waals surface area (Å²) < 4.78 is 0. The van der Waals surface area contributed by atoms with Crippen molar-refractivity contribution in [3.05, 3.63) is 28.8 Å². The van der Waals surface area contributed by atoms with E-state index in [0.29, 0.717) is 22.9 Å². The van der Waals surface area contributed by atoms with Gasteiger partial charge in [-0.05, 0) is 34.9 Å². The maximum absolute atomic E-state index is 10.2. The van der Waals surface area contributed by atoms with Gasteiger partial charge in [-0.3, -0.25) is 0 Å². The van der Waals surface area contributed by atoms with Crippen molar-refractivity contribution in [1.29, 1.82) is 0 Å². The number of nitrogens with zero attached hydrogens (tertiary/aromatic N) is 1. The standard InChI is InChI=1S/C10H13NO/c1-7(2)10-4-3-9(11-12)5-8(10)6-10/h3-5,7-8H,6H2,1-2H3. The average molecular weight is 163 g/mol. The Morgan fingerprint density at radius 3 is 2.92 bits per heavy atom. The lowest BCUT2D eigenvalue weighted by atomic mass is 9.87. The zero-order valence-electron chi connectivity index (χ0n) is 7.45. The van der Waals surface area contributed by atoms with Crippen LogP contribution in [-0.4, -0.2) is 0 Å². The van der Waals surface area contributed by atoms with Crippen molar-refractivity contribution in [2.75, 3.05) is 0 Å². The first-order valence-corrected chi connectivity index (χ1v) is 4.43. The van der Waals surface area contributed by atoms with Gasteiger partial charge < -0.3 is 0 Å². The largest absolute Gasteiger partial charge is 0.145 e. The Morgan fingerprint density at radius 1 is 1.67 bits per heavy atom. The molecule has 64 valence electrons. The van der Waals surface area contributed by atoms with E-state index >= 15 is 0 Å². The van der Waals surface area contributed by atoms with Gasteiger partial charge in [0.15, 0.2) is 0 Å². The van der Waals surface area contributed by atoms with Crippen LogP contribution < -0.4 is 0 Å². The van der Waals surface area contributed by atoms with Gasteiger partial charge in [0, 0.05) is 0 Å². The fourth-order valence-electron chi connectivity index (χ4n) is 2.15. The summed E-state index contributed by atoms with van der Waals surface area (Å²) in [5.74, 6) is 1.25. The maximum Gasteiger partial charge on any atom is 0.104 e. The lowest BCUT2D eigenvalue weighted by Crippen LogP contribution is -2.10. The summed E-state index contributed by atoms with van der Waals surface area (Å²) in [7, 11) is 0. The van der Waals surface area contributed by atoms with Crippen molar-refractivity contribution in [1.82, 2.24) is 0 Å². The second-order valence-electron chi connectivity index (χ2n) is 4.09. The predicted octanol–water partition coefficient (Wildman–Crippen LogP) is 2.87. The van der Waals surface area contributed by atoms with Gasteiger partial charge in [-0.2, -0.15) is 0 Å². The molecule has 2 nitrogen and oxygen atoms in total. The Hall–Kier alpha value is -0.920. The van der Waals surface area contributed by atoms with Gasteiger partial charge in [0.1, 0.15) is 5.70 Å². The van der Waals surface area contributed by atoms with Gasteiger partial charge in [-0.15, -0.1) is 4.91 Å². The smallest absolute Gasteiger partial charge is 0.104 e. The fourth-order valence-corrected chi connectivity index (χ4v) is 2.15. The van der Waals surface area contributed by atoms with Crippen LogP contribution in [0, 0.1) is 22.2 Å². The number of rotatable bonds is 2. The topological polar surface area (TPSA) is 29.4 Å². The van der Waals surface area contributed by atoms with Crippen LogP contribution in [0.3, 0.4) is 0 Å². The van der Waals surface area contributed by atoms with E-state index in [1.807, 2.05) is 12.2 Å². The summed E-state index contributed by atoms with van der Waals surface area (Å²) in [5, 5.41) is 2.94. The third kappa shape index (κ3) is 0.872. The second-order valence-corrected chi connectivity index (χ2v) is 4.09. The van der Waals surface area contributed by atoms with Crippen LogP contribution in [0.4, 0.5) is 0 Å². The zero-order chi connectivity index (χ0) is 8.77. The van der Waals surface area contributed by atoms with Crippen molar-refractivity contribution in [3.63, 3.8) is 0 Å². The third-order valence-electron chi connectivity index (χ3n) is 3.22. The highest BCUT2D eigenvalue weighted by Crippen LogP contribution is 2.61. The summed E-state index contributed by atoms with van der Waals surface area (Å²) in [5.41, 5.74) is 0.975. The first-order valence-electron chi connectivity index (χ1n) is 4.43. The lowest BCUT2D eigenvalue weighted by molar-refractivity contribution is 0.422. The lowest BCUT2D eigenvalue weighted by Gasteiger charge is -2.18. The molecule has 0 spiro atoms. The van der Waals surface area contributed by atoms with Crippen molar-refractivity contribution in [2.45, 2.75) is 20.3 Å². The number of nitroso groups, excluding NO2 is 1. The van der Waals surface area contributed by atoms with E-state index in [1.165, 1.54) is 6.42 Å². The SMILES string of the molecule is CC(C)C12C=CC(N=O)=CC1C2. The van der Waals surface area contributed by atoms with Crippen LogP contribution in [0.5, 0.6) is 0 Å². The molecule has 0 aromatic rings. The normalized spacial score (nSPS) is 37.6. The molecule has 0 saturated heterocycles. The molecule has 0 aromatic heterocycles. The fraction of sp³-hybridized carbons (Fsp3) is 0.600. The molecular formula is C10H13NO. The summed E-state index contributed by atoms with van der Waals surface area (Å²) in [6.45, 7) is 4.47. The molecule has 0 heterocycles. The Kier molecular flexibility index (Phi) is 1.47. The van der Waals surface area contributed by atoms with Crippen molar-refractivity contribution in [2.24, 2.45) is 22.4 Å². The highest BCUT2D eigenvalue weighted by Gasteiger charge is 2.54. The minimum Gasteiger partial charge on any atom is -0.145 e. The molecule has 0 bridgehead atoms. The van der Waals surface area contributed by atoms with Crippen LogP contribution in [-0.2, 0) is 0 Å². The molecule has 2 heteroatoms. The number of hydrogen-bond acceptors (Lipinski definition) is 2. The summed E-state index contributed by atoms with van der Waals surface area (Å²) >= 11 is 0. The molecule has 2 rings (SSSR count). The zero-order valence-corrected chi connectivity index (χ0v) is 7.45. The molecule has 1 saturated carbocycles. The first-order chi connectivity index (χ1) is 5.69. The second kappa shape index (κ2) is 2.28. The molecular weight excluding hydrogens is 150 g/mol. The third-order valence-corrected chi connectivity index (χ3v) is 3.22. The van der Waals surface area contributed by atoms with Gasteiger partial charge in [-0.1, -0.05) is 26.0 Å². The summed E-state index contributed by atoms with van der Waals surface area (Å²) in [6.07, 6.45) is 7.22. The Labute approximate surface area is 72.3 Å². The van der Waals surface area contributed by atoms with E-state index in [0.717, 1.165) is 0 Å². The monoisotopic (exact) mass is 163 g/mol. The highest BCUT2D eigenvalue weighted by atomic mass is 16.3. The van der Waals surface area contributed by atoms with Gasteiger partial charge in [0.05, 0.1) is 0 Å². The predicted molar refractivity (Wildman–Crippen MR) is 48.4 cm³/mol. The molecule has 12 heavy (non-hydrogen) atoms. The highest BCUT2D eigenvalue weighted by molar-refractivity contribution is 5.35. The molecule has 0 N–H and O–H groups in total. The van der Waals surface area contributed by atoms with Gasteiger partial charge >= 0.3 is 0 Å². The number of fused-ring (bicyclic) bond motifs is 1. The van der Waals surface area contributed by atoms with Crippen molar-refractivity contribution in [3.8, 4) is 0 Å². The van der Waals surface area contributed by atoms with Crippen molar-refractivity contribution >= 4 is 0 Å². The molecule has 2 aliphatic carbocycles. The van der Waals surface area contributed by atoms with Crippen LogP contribution in [0.2, 0.25) is 0 Å². The summed E-state index contributed by atoms with van der Waals surface area (Å²) in [6, 6.07) is 0. The average Bonchev–Trinajstić information content (AvgIpc) is 2.78. The van der Waals surface area contributed by atoms with E-state index in [-0.39, 0.29) is 0 Å². The molecule has 1 fully saturated rings. The van der Waals surface area contributed by atoms with Crippen LogP contribution in [0.1, 0.15) is 20.3 Å². The van der Waals surface area contributed by atoms with Crippen LogP contribution in [0.25, 0.3) is 0 Å². The maximum atomic E-state index is 10.2. The molecule has 0 amide bonds. The van der Waals surface area contributed by atoms with E-state index in [4.69, 9.17) is 0 Å². The van der Waals surface area contributed by atoms with Gasteiger partial charge in [-0.25, -0.2) is 0 Å². The molecule has 0 radical (unpaired) electrons.